The summed E-state index contributed by atoms with van der Waals surface area (Å²) in [7, 11) is 0. The molecule has 0 amide bonds. The number of nitrogens with zero attached hydrogens (tertiary/aromatic N) is 1. The summed E-state index contributed by atoms with van der Waals surface area (Å²) in [6.45, 7) is 0.278. The summed E-state index contributed by atoms with van der Waals surface area (Å²) >= 11 is 7.80. The Morgan fingerprint density at radius 2 is 1.90 bits per heavy atom. The summed E-state index contributed by atoms with van der Waals surface area (Å²) in [6.07, 6.45) is 0. The van der Waals surface area contributed by atoms with E-state index >= 15 is 0 Å². The van der Waals surface area contributed by atoms with E-state index < -0.39 is 0 Å². The van der Waals surface area contributed by atoms with E-state index in [0.717, 1.165) is 33.3 Å². The summed E-state index contributed by atoms with van der Waals surface area (Å²) in [6, 6.07) is 13.6. The molecule has 0 fully saturated rings. The van der Waals surface area contributed by atoms with Crippen LogP contribution in [0.15, 0.2) is 47.8 Å². The minimum absolute atomic E-state index is 0.278. The van der Waals surface area contributed by atoms with Crippen LogP contribution in [0.1, 0.15) is 0 Å². The van der Waals surface area contributed by atoms with Gasteiger partial charge in [0.15, 0.2) is 11.5 Å². The molecule has 3 nitrogen and oxygen atoms in total. The fraction of sp³-hybridized carbons (Fsp3) is 0.0625. The zero-order chi connectivity index (χ0) is 14.2. The van der Waals surface area contributed by atoms with Crippen molar-refractivity contribution in [3.8, 4) is 33.3 Å². The molecule has 21 heavy (non-hydrogen) atoms. The molecule has 1 aliphatic rings. The van der Waals surface area contributed by atoms with Gasteiger partial charge in [0.25, 0.3) is 0 Å². The van der Waals surface area contributed by atoms with Crippen LogP contribution in [0.3, 0.4) is 0 Å². The third-order valence-corrected chi connectivity index (χ3v) is 4.48. The van der Waals surface area contributed by atoms with Crippen molar-refractivity contribution < 1.29 is 9.47 Å². The molecular weight excluding hydrogens is 306 g/mol. The lowest BCUT2D eigenvalue weighted by Gasteiger charge is -2.00. The second-order valence-corrected chi connectivity index (χ2v) is 5.85. The molecule has 0 bridgehead atoms. The molecule has 5 heteroatoms. The van der Waals surface area contributed by atoms with Gasteiger partial charge in [-0.25, -0.2) is 4.98 Å². The molecule has 0 aliphatic carbocycles. The van der Waals surface area contributed by atoms with Crippen LogP contribution >= 0.6 is 22.9 Å². The first-order valence-electron chi connectivity index (χ1n) is 6.42. The van der Waals surface area contributed by atoms with E-state index in [1.165, 1.54) is 0 Å². The summed E-state index contributed by atoms with van der Waals surface area (Å²) in [4.78, 5) is 4.67. The second kappa shape index (κ2) is 5.06. The number of halogens is 1. The molecule has 104 valence electrons. The van der Waals surface area contributed by atoms with Crippen LogP contribution in [0.5, 0.6) is 11.5 Å². The predicted molar refractivity (Wildman–Crippen MR) is 84.1 cm³/mol. The quantitative estimate of drug-likeness (QED) is 0.677. The molecule has 2 aromatic carbocycles. The number of fused-ring (bicyclic) bond motifs is 1. The lowest BCUT2D eigenvalue weighted by Crippen LogP contribution is -1.92. The summed E-state index contributed by atoms with van der Waals surface area (Å²) < 4.78 is 10.7. The first-order valence-corrected chi connectivity index (χ1v) is 7.67. The summed E-state index contributed by atoms with van der Waals surface area (Å²) in [5.74, 6) is 1.54. The van der Waals surface area contributed by atoms with Crippen molar-refractivity contribution in [2.75, 3.05) is 6.79 Å². The number of thiazole rings is 1. The Hall–Kier alpha value is -2.04. The van der Waals surface area contributed by atoms with Gasteiger partial charge in [-0.2, -0.15) is 0 Å². The summed E-state index contributed by atoms with van der Waals surface area (Å²) in [5, 5.41) is 3.65. The van der Waals surface area contributed by atoms with Gasteiger partial charge in [0, 0.05) is 16.5 Å². The Kier molecular flexibility index (Phi) is 3.05. The molecule has 2 heterocycles. The van der Waals surface area contributed by atoms with Gasteiger partial charge < -0.3 is 9.47 Å². The Bertz CT molecular complexity index is 816. The van der Waals surface area contributed by atoms with Gasteiger partial charge >= 0.3 is 0 Å². The lowest BCUT2D eigenvalue weighted by atomic mass is 10.1. The molecular formula is C16H10ClNO2S. The van der Waals surface area contributed by atoms with E-state index in [4.69, 9.17) is 21.1 Å². The highest BCUT2D eigenvalue weighted by molar-refractivity contribution is 7.13. The monoisotopic (exact) mass is 315 g/mol. The second-order valence-electron chi connectivity index (χ2n) is 4.59. The largest absolute Gasteiger partial charge is 0.454 e. The Labute approximate surface area is 130 Å². The first-order chi connectivity index (χ1) is 10.3. The van der Waals surface area contributed by atoms with Crippen LogP contribution in [-0.4, -0.2) is 11.8 Å². The lowest BCUT2D eigenvalue weighted by molar-refractivity contribution is 0.174. The highest BCUT2D eigenvalue weighted by atomic mass is 35.5. The standard InChI is InChI=1S/C16H10ClNO2S/c17-12-4-2-1-3-11(12)16-18-13(8-21-16)10-5-6-14-15(7-10)20-9-19-14/h1-8H,9H2. The molecule has 0 saturated heterocycles. The number of hydrogen-bond donors (Lipinski definition) is 0. The molecule has 1 aromatic heterocycles. The molecule has 1 aliphatic heterocycles. The zero-order valence-electron chi connectivity index (χ0n) is 10.9. The number of aromatic nitrogens is 1. The minimum Gasteiger partial charge on any atom is -0.454 e. The SMILES string of the molecule is Clc1ccccc1-c1nc(-c2ccc3c(c2)OCO3)cs1. The van der Waals surface area contributed by atoms with Crippen LogP contribution in [0.25, 0.3) is 21.8 Å². The van der Waals surface area contributed by atoms with E-state index in [1.54, 1.807) is 11.3 Å². The first kappa shape index (κ1) is 12.7. The normalized spacial score (nSPS) is 12.6. The molecule has 0 spiro atoms. The fourth-order valence-electron chi connectivity index (χ4n) is 2.22. The average Bonchev–Trinajstić information content (AvgIpc) is 3.16. The third-order valence-electron chi connectivity index (χ3n) is 3.28. The minimum atomic E-state index is 0.278. The predicted octanol–water partition coefficient (Wildman–Crippen LogP) is 4.86. The van der Waals surface area contributed by atoms with Gasteiger partial charge in [-0.05, 0) is 24.3 Å². The highest BCUT2D eigenvalue weighted by Crippen LogP contribution is 2.38. The van der Waals surface area contributed by atoms with E-state index in [-0.39, 0.29) is 6.79 Å². The molecule has 0 atom stereocenters. The number of ether oxygens (including phenoxy) is 2. The number of benzene rings is 2. The smallest absolute Gasteiger partial charge is 0.231 e. The molecule has 0 saturated carbocycles. The molecule has 0 unspecified atom stereocenters. The average molecular weight is 316 g/mol. The molecule has 0 radical (unpaired) electrons. The Balaban J connectivity index is 1.73. The third kappa shape index (κ3) is 2.26. The number of rotatable bonds is 2. The molecule has 3 aromatic rings. The van der Waals surface area contributed by atoms with Crippen molar-refractivity contribution in [2.24, 2.45) is 0 Å². The van der Waals surface area contributed by atoms with Gasteiger partial charge in [0.05, 0.1) is 10.7 Å². The van der Waals surface area contributed by atoms with Gasteiger partial charge in [0.2, 0.25) is 6.79 Å². The van der Waals surface area contributed by atoms with Gasteiger partial charge in [-0.3, -0.25) is 0 Å². The van der Waals surface area contributed by atoms with Crippen molar-refractivity contribution in [2.45, 2.75) is 0 Å². The Morgan fingerprint density at radius 1 is 1.05 bits per heavy atom. The van der Waals surface area contributed by atoms with Crippen LogP contribution in [-0.2, 0) is 0 Å². The van der Waals surface area contributed by atoms with Crippen LogP contribution in [0, 0.1) is 0 Å². The van der Waals surface area contributed by atoms with E-state index in [2.05, 4.69) is 4.98 Å². The van der Waals surface area contributed by atoms with Crippen molar-refractivity contribution in [1.82, 2.24) is 4.98 Å². The van der Waals surface area contributed by atoms with Gasteiger partial charge in [-0.15, -0.1) is 11.3 Å². The zero-order valence-corrected chi connectivity index (χ0v) is 12.4. The maximum atomic E-state index is 6.22. The van der Waals surface area contributed by atoms with Crippen molar-refractivity contribution in [3.05, 3.63) is 52.9 Å². The van der Waals surface area contributed by atoms with Crippen LogP contribution < -0.4 is 9.47 Å². The number of hydrogen-bond acceptors (Lipinski definition) is 4. The van der Waals surface area contributed by atoms with E-state index in [0.29, 0.717) is 5.02 Å². The Morgan fingerprint density at radius 3 is 2.81 bits per heavy atom. The maximum Gasteiger partial charge on any atom is 0.231 e. The van der Waals surface area contributed by atoms with Crippen molar-refractivity contribution in [1.29, 1.82) is 0 Å². The van der Waals surface area contributed by atoms with E-state index in [9.17, 15) is 0 Å². The van der Waals surface area contributed by atoms with Gasteiger partial charge in [0.1, 0.15) is 5.01 Å². The van der Waals surface area contributed by atoms with Crippen molar-refractivity contribution in [3.63, 3.8) is 0 Å². The topological polar surface area (TPSA) is 31.4 Å². The highest BCUT2D eigenvalue weighted by Gasteiger charge is 2.15. The maximum absolute atomic E-state index is 6.22. The molecule has 0 N–H and O–H groups in total. The molecule has 4 rings (SSSR count). The van der Waals surface area contributed by atoms with Crippen LogP contribution in [0.2, 0.25) is 5.02 Å². The van der Waals surface area contributed by atoms with E-state index in [1.807, 2.05) is 47.8 Å². The van der Waals surface area contributed by atoms with Crippen molar-refractivity contribution >= 4 is 22.9 Å². The summed E-state index contributed by atoms with van der Waals surface area (Å²) in [5.41, 5.74) is 2.87. The fourth-order valence-corrected chi connectivity index (χ4v) is 3.37. The van der Waals surface area contributed by atoms with Gasteiger partial charge in [-0.1, -0.05) is 29.8 Å². The van der Waals surface area contributed by atoms with Crippen LogP contribution in [0.4, 0.5) is 0 Å².